The highest BCUT2D eigenvalue weighted by atomic mass is 16.5. The van der Waals surface area contributed by atoms with Gasteiger partial charge in [-0.25, -0.2) is 0 Å². The molecule has 1 spiro atoms. The van der Waals surface area contributed by atoms with Crippen molar-refractivity contribution in [3.05, 3.63) is 0 Å². The largest absolute Gasteiger partial charge is 0.385 e. The first-order valence-electron chi connectivity index (χ1n) is 7.72. The van der Waals surface area contributed by atoms with Gasteiger partial charge in [0.05, 0.1) is 11.7 Å². The third-order valence-electron chi connectivity index (χ3n) is 4.43. The predicted octanol–water partition coefficient (Wildman–Crippen LogP) is 2.88. The first-order chi connectivity index (χ1) is 8.85. The van der Waals surface area contributed by atoms with Crippen molar-refractivity contribution in [3.8, 4) is 0 Å². The van der Waals surface area contributed by atoms with Crippen LogP contribution in [0.1, 0.15) is 57.8 Å². The van der Waals surface area contributed by atoms with E-state index in [0.717, 1.165) is 19.7 Å². The Labute approximate surface area is 112 Å². The van der Waals surface area contributed by atoms with Crippen molar-refractivity contribution in [1.82, 2.24) is 5.32 Å². The molecular weight excluding hydrogens is 226 g/mol. The van der Waals surface area contributed by atoms with E-state index in [4.69, 9.17) is 9.47 Å². The van der Waals surface area contributed by atoms with Gasteiger partial charge < -0.3 is 14.8 Å². The SMILES string of the molecule is COCCCCCNCC1CCC2(CCCC2)O1. The lowest BCUT2D eigenvalue weighted by molar-refractivity contribution is -0.0350. The second-order valence-corrected chi connectivity index (χ2v) is 5.93. The fourth-order valence-corrected chi connectivity index (χ4v) is 3.36. The van der Waals surface area contributed by atoms with Gasteiger partial charge in [0.2, 0.25) is 0 Å². The lowest BCUT2D eigenvalue weighted by Crippen LogP contribution is -2.31. The minimum absolute atomic E-state index is 0.296. The summed E-state index contributed by atoms with van der Waals surface area (Å²) in [6.45, 7) is 3.07. The van der Waals surface area contributed by atoms with Crippen molar-refractivity contribution in [1.29, 1.82) is 0 Å². The summed E-state index contributed by atoms with van der Waals surface area (Å²) in [7, 11) is 1.77. The summed E-state index contributed by atoms with van der Waals surface area (Å²) < 4.78 is 11.3. The number of methoxy groups -OCH3 is 1. The van der Waals surface area contributed by atoms with E-state index in [2.05, 4.69) is 5.32 Å². The van der Waals surface area contributed by atoms with E-state index in [1.165, 1.54) is 57.8 Å². The van der Waals surface area contributed by atoms with E-state index < -0.39 is 0 Å². The van der Waals surface area contributed by atoms with E-state index in [9.17, 15) is 0 Å². The molecule has 0 aromatic heterocycles. The van der Waals surface area contributed by atoms with Crippen molar-refractivity contribution in [2.24, 2.45) is 0 Å². The molecule has 2 aliphatic rings. The molecule has 0 bridgehead atoms. The third-order valence-corrected chi connectivity index (χ3v) is 4.43. The molecule has 1 saturated carbocycles. The Bertz CT molecular complexity index is 227. The minimum Gasteiger partial charge on any atom is -0.385 e. The molecule has 1 atom stereocenters. The quantitative estimate of drug-likeness (QED) is 0.677. The summed E-state index contributed by atoms with van der Waals surface area (Å²) in [5.41, 5.74) is 0.296. The summed E-state index contributed by atoms with van der Waals surface area (Å²) in [6.07, 6.45) is 12.1. The van der Waals surface area contributed by atoms with Crippen LogP contribution in [-0.2, 0) is 9.47 Å². The maximum absolute atomic E-state index is 6.27. The predicted molar refractivity (Wildman–Crippen MR) is 73.9 cm³/mol. The van der Waals surface area contributed by atoms with Gasteiger partial charge in [0.25, 0.3) is 0 Å². The molecule has 106 valence electrons. The van der Waals surface area contributed by atoms with Crippen molar-refractivity contribution in [3.63, 3.8) is 0 Å². The van der Waals surface area contributed by atoms with Crippen LogP contribution < -0.4 is 5.32 Å². The molecule has 3 nitrogen and oxygen atoms in total. The number of hydrogen-bond donors (Lipinski definition) is 1. The molecule has 0 aromatic rings. The highest BCUT2D eigenvalue weighted by Crippen LogP contribution is 2.43. The summed E-state index contributed by atoms with van der Waals surface area (Å²) in [5, 5.41) is 3.54. The zero-order valence-electron chi connectivity index (χ0n) is 11.9. The van der Waals surface area contributed by atoms with Gasteiger partial charge in [0, 0.05) is 20.3 Å². The van der Waals surface area contributed by atoms with E-state index in [1.54, 1.807) is 7.11 Å². The molecule has 18 heavy (non-hydrogen) atoms. The van der Waals surface area contributed by atoms with Crippen LogP contribution in [0.5, 0.6) is 0 Å². The number of rotatable bonds is 8. The standard InChI is InChI=1S/C15H29NO2/c1-17-12-6-2-5-11-16-13-14-7-10-15(18-14)8-3-4-9-15/h14,16H,2-13H2,1H3. The average Bonchev–Trinajstić information content (AvgIpc) is 3.00. The van der Waals surface area contributed by atoms with Gasteiger partial charge in [-0.1, -0.05) is 12.8 Å². The molecule has 1 unspecified atom stereocenters. The summed E-state index contributed by atoms with van der Waals surface area (Å²) >= 11 is 0. The zero-order chi connectivity index (χ0) is 12.7. The Kier molecular flexibility index (Phi) is 5.93. The maximum Gasteiger partial charge on any atom is 0.0708 e. The Morgan fingerprint density at radius 3 is 2.78 bits per heavy atom. The summed E-state index contributed by atoms with van der Waals surface area (Å²) in [5.74, 6) is 0. The first-order valence-corrected chi connectivity index (χ1v) is 7.72. The van der Waals surface area contributed by atoms with Crippen LogP contribution >= 0.6 is 0 Å². The van der Waals surface area contributed by atoms with Gasteiger partial charge in [0.1, 0.15) is 0 Å². The molecule has 2 fully saturated rings. The van der Waals surface area contributed by atoms with E-state index in [-0.39, 0.29) is 0 Å². The van der Waals surface area contributed by atoms with Gasteiger partial charge >= 0.3 is 0 Å². The third kappa shape index (κ3) is 4.22. The Morgan fingerprint density at radius 1 is 1.17 bits per heavy atom. The molecule has 1 N–H and O–H groups in total. The molecule has 0 radical (unpaired) electrons. The molecule has 1 aliphatic heterocycles. The Balaban J connectivity index is 1.48. The van der Waals surface area contributed by atoms with Crippen molar-refractivity contribution in [2.75, 3.05) is 26.8 Å². The second-order valence-electron chi connectivity index (χ2n) is 5.93. The van der Waals surface area contributed by atoms with Crippen LogP contribution in [-0.4, -0.2) is 38.5 Å². The molecular formula is C15H29NO2. The van der Waals surface area contributed by atoms with Crippen LogP contribution in [0.25, 0.3) is 0 Å². The van der Waals surface area contributed by atoms with Gasteiger partial charge in [-0.2, -0.15) is 0 Å². The van der Waals surface area contributed by atoms with Crippen molar-refractivity contribution >= 4 is 0 Å². The molecule has 1 saturated heterocycles. The monoisotopic (exact) mass is 255 g/mol. The Morgan fingerprint density at radius 2 is 2.00 bits per heavy atom. The molecule has 3 heteroatoms. The van der Waals surface area contributed by atoms with Gasteiger partial charge in [0.15, 0.2) is 0 Å². The van der Waals surface area contributed by atoms with Crippen LogP contribution in [0.15, 0.2) is 0 Å². The highest BCUT2D eigenvalue weighted by Gasteiger charge is 2.41. The fourth-order valence-electron chi connectivity index (χ4n) is 3.36. The number of unbranched alkanes of at least 4 members (excludes halogenated alkanes) is 2. The van der Waals surface area contributed by atoms with E-state index >= 15 is 0 Å². The molecule has 2 rings (SSSR count). The van der Waals surface area contributed by atoms with Crippen LogP contribution in [0, 0.1) is 0 Å². The summed E-state index contributed by atoms with van der Waals surface area (Å²) in [4.78, 5) is 0. The minimum atomic E-state index is 0.296. The fraction of sp³-hybridized carbons (Fsp3) is 1.00. The van der Waals surface area contributed by atoms with E-state index in [1.807, 2.05) is 0 Å². The van der Waals surface area contributed by atoms with Crippen molar-refractivity contribution < 1.29 is 9.47 Å². The lowest BCUT2D eigenvalue weighted by Gasteiger charge is -2.23. The smallest absolute Gasteiger partial charge is 0.0708 e. The first kappa shape index (κ1) is 14.3. The summed E-state index contributed by atoms with van der Waals surface area (Å²) in [6, 6.07) is 0. The average molecular weight is 255 g/mol. The number of nitrogens with one attached hydrogen (secondary N) is 1. The molecule has 1 heterocycles. The van der Waals surface area contributed by atoms with Gasteiger partial charge in [-0.05, 0) is 51.5 Å². The normalized spacial score (nSPS) is 26.2. The second kappa shape index (κ2) is 7.46. The molecule has 0 amide bonds. The molecule has 0 aromatic carbocycles. The van der Waals surface area contributed by atoms with Crippen molar-refractivity contribution in [2.45, 2.75) is 69.5 Å². The van der Waals surface area contributed by atoms with Gasteiger partial charge in [-0.15, -0.1) is 0 Å². The number of ether oxygens (including phenoxy) is 2. The topological polar surface area (TPSA) is 30.5 Å². The Hall–Kier alpha value is -0.120. The lowest BCUT2D eigenvalue weighted by atomic mass is 9.98. The maximum atomic E-state index is 6.27. The van der Waals surface area contributed by atoms with E-state index in [0.29, 0.717) is 11.7 Å². The zero-order valence-corrected chi connectivity index (χ0v) is 11.9. The van der Waals surface area contributed by atoms with Gasteiger partial charge in [-0.3, -0.25) is 0 Å². The highest BCUT2D eigenvalue weighted by molar-refractivity contribution is 4.93. The number of hydrogen-bond acceptors (Lipinski definition) is 3. The van der Waals surface area contributed by atoms with Crippen LogP contribution in [0.3, 0.4) is 0 Å². The molecule has 1 aliphatic carbocycles. The van der Waals surface area contributed by atoms with Crippen LogP contribution in [0.2, 0.25) is 0 Å². The van der Waals surface area contributed by atoms with Crippen LogP contribution in [0.4, 0.5) is 0 Å².